The summed E-state index contributed by atoms with van der Waals surface area (Å²) in [6.07, 6.45) is 3.14. The van der Waals surface area contributed by atoms with E-state index >= 15 is 0 Å². The molecule has 0 N–H and O–H groups in total. The Bertz CT molecular complexity index is 249. The molecular formula is C6H5ClN2S. The van der Waals surface area contributed by atoms with Gasteiger partial charge >= 0.3 is 0 Å². The average molecular weight is 173 g/mol. The zero-order valence-electron chi connectivity index (χ0n) is 5.03. The van der Waals surface area contributed by atoms with Gasteiger partial charge in [-0.05, 0) is 24.9 Å². The highest BCUT2D eigenvalue weighted by molar-refractivity contribution is 7.78. The van der Waals surface area contributed by atoms with E-state index in [1.54, 1.807) is 18.3 Å². The van der Waals surface area contributed by atoms with Crippen LogP contribution in [0.4, 0.5) is 0 Å². The normalized spacial score (nSPS) is 10.6. The van der Waals surface area contributed by atoms with Crippen LogP contribution < -0.4 is 0 Å². The van der Waals surface area contributed by atoms with E-state index in [-0.39, 0.29) is 0 Å². The molecule has 0 aliphatic rings. The Hall–Kier alpha value is -0.540. The average Bonchev–Trinajstić information content (AvgIpc) is 1.88. The fourth-order valence-electron chi connectivity index (χ4n) is 0.551. The fourth-order valence-corrected chi connectivity index (χ4v) is 0.837. The van der Waals surface area contributed by atoms with Crippen LogP contribution in [0.25, 0.3) is 0 Å². The summed E-state index contributed by atoms with van der Waals surface area (Å²) in [7, 11) is 0. The number of thiol groups is 1. The van der Waals surface area contributed by atoms with Gasteiger partial charge in [0.2, 0.25) is 0 Å². The molecule has 0 saturated heterocycles. The van der Waals surface area contributed by atoms with E-state index in [0.717, 1.165) is 0 Å². The Morgan fingerprint density at radius 1 is 1.70 bits per heavy atom. The van der Waals surface area contributed by atoms with Crippen molar-refractivity contribution in [2.45, 2.75) is 0 Å². The highest BCUT2D eigenvalue weighted by Gasteiger charge is 1.88. The van der Waals surface area contributed by atoms with Crippen molar-refractivity contribution >= 4 is 30.6 Å². The van der Waals surface area contributed by atoms with Crippen LogP contribution >= 0.6 is 24.4 Å². The first kappa shape index (κ1) is 7.57. The minimum absolute atomic E-state index is 0.651. The summed E-state index contributed by atoms with van der Waals surface area (Å²) in [5.74, 6) is 0. The largest absolute Gasteiger partial charge is 0.255 e. The molecule has 0 aromatic carbocycles. The second-order valence-corrected chi connectivity index (χ2v) is 2.31. The van der Waals surface area contributed by atoms with Gasteiger partial charge in [0.05, 0.1) is 11.9 Å². The highest BCUT2D eigenvalue weighted by Crippen LogP contribution is 2.06. The molecule has 0 unspecified atom stereocenters. The summed E-state index contributed by atoms with van der Waals surface area (Å²) in [5.41, 5.74) is 0.711. The van der Waals surface area contributed by atoms with Crippen molar-refractivity contribution in [3.63, 3.8) is 0 Å². The number of rotatable bonds is 1. The second kappa shape index (κ2) is 3.58. The molecule has 52 valence electrons. The molecule has 1 aromatic rings. The number of nitrogens with zero attached hydrogens (tertiary/aromatic N) is 2. The van der Waals surface area contributed by atoms with Crippen LogP contribution in [-0.4, -0.2) is 11.2 Å². The van der Waals surface area contributed by atoms with Crippen LogP contribution in [-0.2, 0) is 0 Å². The maximum atomic E-state index is 5.65. The van der Waals surface area contributed by atoms with E-state index < -0.39 is 0 Å². The van der Waals surface area contributed by atoms with Crippen LogP contribution in [0.1, 0.15) is 5.69 Å². The third-order valence-electron chi connectivity index (χ3n) is 0.933. The smallest absolute Gasteiger partial charge is 0.0833 e. The second-order valence-electron chi connectivity index (χ2n) is 1.64. The van der Waals surface area contributed by atoms with Crippen molar-refractivity contribution in [2.24, 2.45) is 4.40 Å². The van der Waals surface area contributed by atoms with Gasteiger partial charge in [0.1, 0.15) is 0 Å². The highest BCUT2D eigenvalue weighted by atomic mass is 35.5. The first-order valence-electron chi connectivity index (χ1n) is 2.62. The number of aromatic nitrogens is 1. The first-order valence-corrected chi connectivity index (χ1v) is 3.39. The minimum Gasteiger partial charge on any atom is -0.255 e. The lowest BCUT2D eigenvalue weighted by atomic mass is 10.4. The van der Waals surface area contributed by atoms with E-state index in [9.17, 15) is 0 Å². The lowest BCUT2D eigenvalue weighted by Crippen LogP contribution is -1.83. The van der Waals surface area contributed by atoms with Gasteiger partial charge in [-0.2, -0.15) is 0 Å². The van der Waals surface area contributed by atoms with Gasteiger partial charge < -0.3 is 0 Å². The standard InChI is InChI=1S/C6H5ClN2S/c7-5-1-2-8-6(3-5)4-9-10/h1-4,10H/b9-4+. The van der Waals surface area contributed by atoms with Crippen LogP contribution in [0.3, 0.4) is 0 Å². The van der Waals surface area contributed by atoms with Gasteiger partial charge in [-0.25, -0.2) is 4.40 Å². The summed E-state index contributed by atoms with van der Waals surface area (Å²) in [5, 5.41) is 0.651. The van der Waals surface area contributed by atoms with Crippen molar-refractivity contribution in [3.05, 3.63) is 29.0 Å². The van der Waals surface area contributed by atoms with E-state index in [1.807, 2.05) is 0 Å². The topological polar surface area (TPSA) is 25.2 Å². The lowest BCUT2D eigenvalue weighted by Gasteiger charge is -1.89. The van der Waals surface area contributed by atoms with E-state index in [2.05, 4.69) is 22.2 Å². The molecule has 0 fully saturated rings. The third-order valence-corrected chi connectivity index (χ3v) is 1.28. The zero-order valence-corrected chi connectivity index (χ0v) is 6.68. The quantitative estimate of drug-likeness (QED) is 0.509. The molecule has 1 heterocycles. The maximum Gasteiger partial charge on any atom is 0.0833 e. The van der Waals surface area contributed by atoms with Crippen molar-refractivity contribution in [1.82, 2.24) is 4.98 Å². The molecule has 2 nitrogen and oxygen atoms in total. The molecule has 0 atom stereocenters. The Kier molecular flexibility index (Phi) is 2.71. The molecule has 0 aliphatic carbocycles. The van der Waals surface area contributed by atoms with Crippen molar-refractivity contribution in [2.75, 3.05) is 0 Å². The molecule has 0 spiro atoms. The summed E-state index contributed by atoms with van der Waals surface area (Å²) in [6.45, 7) is 0. The maximum absolute atomic E-state index is 5.65. The molecule has 0 bridgehead atoms. The van der Waals surface area contributed by atoms with Gasteiger partial charge in [-0.3, -0.25) is 4.98 Å². The minimum atomic E-state index is 0.651. The SMILES string of the molecule is S/N=C/c1cc(Cl)ccn1. The van der Waals surface area contributed by atoms with Crippen molar-refractivity contribution in [3.8, 4) is 0 Å². The number of hydrogen-bond donors (Lipinski definition) is 1. The molecule has 1 rings (SSSR count). The van der Waals surface area contributed by atoms with Gasteiger partial charge in [0.15, 0.2) is 0 Å². The van der Waals surface area contributed by atoms with Gasteiger partial charge in [-0.1, -0.05) is 11.6 Å². The summed E-state index contributed by atoms with van der Waals surface area (Å²) >= 11 is 9.31. The molecular weight excluding hydrogens is 168 g/mol. The van der Waals surface area contributed by atoms with Gasteiger partial charge in [0, 0.05) is 11.2 Å². The van der Waals surface area contributed by atoms with Crippen LogP contribution in [0.15, 0.2) is 22.7 Å². The monoisotopic (exact) mass is 172 g/mol. The molecule has 0 aliphatic heterocycles. The molecule has 0 amide bonds. The van der Waals surface area contributed by atoms with E-state index in [4.69, 9.17) is 11.6 Å². The Morgan fingerprint density at radius 3 is 3.10 bits per heavy atom. The molecule has 4 heteroatoms. The Labute approximate surface area is 69.5 Å². The van der Waals surface area contributed by atoms with Gasteiger partial charge in [0.25, 0.3) is 0 Å². The predicted molar refractivity (Wildman–Crippen MR) is 45.8 cm³/mol. The predicted octanol–water partition coefficient (Wildman–Crippen LogP) is 2.00. The molecule has 10 heavy (non-hydrogen) atoms. The van der Waals surface area contributed by atoms with Crippen LogP contribution in [0.5, 0.6) is 0 Å². The molecule has 1 aromatic heterocycles. The third kappa shape index (κ3) is 2.01. The van der Waals surface area contributed by atoms with Crippen LogP contribution in [0.2, 0.25) is 5.02 Å². The van der Waals surface area contributed by atoms with E-state index in [0.29, 0.717) is 10.7 Å². The first-order chi connectivity index (χ1) is 4.83. The Balaban J connectivity index is 2.95. The lowest BCUT2D eigenvalue weighted by molar-refractivity contribution is 1.31. The fraction of sp³-hybridized carbons (Fsp3) is 0. The van der Waals surface area contributed by atoms with E-state index in [1.165, 1.54) is 6.21 Å². The van der Waals surface area contributed by atoms with Crippen LogP contribution in [0, 0.1) is 0 Å². The Morgan fingerprint density at radius 2 is 2.50 bits per heavy atom. The van der Waals surface area contributed by atoms with Crippen molar-refractivity contribution in [1.29, 1.82) is 0 Å². The summed E-state index contributed by atoms with van der Waals surface area (Å²) in [6, 6.07) is 3.42. The molecule has 0 radical (unpaired) electrons. The zero-order chi connectivity index (χ0) is 7.40. The number of halogens is 1. The number of pyridine rings is 1. The van der Waals surface area contributed by atoms with Gasteiger partial charge in [-0.15, -0.1) is 0 Å². The van der Waals surface area contributed by atoms with Crippen molar-refractivity contribution < 1.29 is 0 Å². The summed E-state index contributed by atoms with van der Waals surface area (Å²) < 4.78 is 3.50. The number of hydrogen-bond acceptors (Lipinski definition) is 3. The summed E-state index contributed by atoms with van der Waals surface area (Å²) in [4.78, 5) is 3.95. The molecule has 0 saturated carbocycles.